The van der Waals surface area contributed by atoms with Gasteiger partial charge in [-0.3, -0.25) is 9.59 Å². The quantitative estimate of drug-likeness (QED) is 0.633. The Hall–Kier alpha value is -1.46. The number of allylic oxidation sites excluding steroid dienone is 2. The van der Waals surface area contributed by atoms with E-state index in [1.54, 1.807) is 0 Å². The lowest BCUT2D eigenvalue weighted by Gasteiger charge is -2.33. The topological polar surface area (TPSA) is 55.4 Å². The maximum absolute atomic E-state index is 12.6. The number of anilines is 1. The van der Waals surface area contributed by atoms with Crippen molar-refractivity contribution in [1.82, 2.24) is 0 Å². The molecule has 110 valence electrons. The molecule has 0 bridgehead atoms. The molecule has 0 spiro atoms. The maximum Gasteiger partial charge on any atom is 0.316 e. The maximum atomic E-state index is 12.6. The Morgan fingerprint density at radius 1 is 1.48 bits per heavy atom. The third kappa shape index (κ3) is 2.45. The molecule has 0 unspecified atom stereocenters. The van der Waals surface area contributed by atoms with Crippen molar-refractivity contribution in [2.45, 2.75) is 18.2 Å². The van der Waals surface area contributed by atoms with Crippen molar-refractivity contribution in [2.75, 3.05) is 12.4 Å². The number of methoxy groups -OCH3 is 1. The van der Waals surface area contributed by atoms with Crippen molar-refractivity contribution in [3.8, 4) is 0 Å². The number of rotatable bonds is 1. The van der Waals surface area contributed by atoms with E-state index in [1.807, 2.05) is 25.1 Å². The van der Waals surface area contributed by atoms with Gasteiger partial charge in [-0.05, 0) is 30.5 Å². The number of esters is 1. The lowest BCUT2D eigenvalue weighted by molar-refractivity contribution is -0.150. The molecule has 0 radical (unpaired) electrons. The molecule has 1 aromatic rings. The molecular formula is C15H14ClNO3S. The first kappa shape index (κ1) is 14.5. The minimum atomic E-state index is -0.719. The molecule has 1 aliphatic carbocycles. The Balaban J connectivity index is 1.97. The van der Waals surface area contributed by atoms with Gasteiger partial charge >= 0.3 is 5.97 Å². The van der Waals surface area contributed by atoms with Crippen LogP contribution in [0, 0.1) is 11.8 Å². The summed E-state index contributed by atoms with van der Waals surface area (Å²) in [5.41, 5.74) is 1.83. The highest BCUT2D eigenvalue weighted by molar-refractivity contribution is 8.04. The van der Waals surface area contributed by atoms with Crippen molar-refractivity contribution in [1.29, 1.82) is 0 Å². The SMILES string of the molecule is COC(=O)[C@@H]1C(=O)C2=C(C[C@H]1C)Nc1ccc(Cl)cc1S2. The number of ketones is 1. The monoisotopic (exact) mass is 323 g/mol. The van der Waals surface area contributed by atoms with Crippen LogP contribution in [-0.4, -0.2) is 18.9 Å². The van der Waals surface area contributed by atoms with E-state index < -0.39 is 11.9 Å². The highest BCUT2D eigenvalue weighted by Crippen LogP contribution is 2.47. The van der Waals surface area contributed by atoms with Crippen LogP contribution in [0.15, 0.2) is 33.7 Å². The zero-order valence-electron chi connectivity index (χ0n) is 11.6. The lowest BCUT2D eigenvalue weighted by atomic mass is 9.81. The van der Waals surface area contributed by atoms with Crippen LogP contribution in [0.2, 0.25) is 5.02 Å². The van der Waals surface area contributed by atoms with Gasteiger partial charge < -0.3 is 10.1 Å². The van der Waals surface area contributed by atoms with E-state index in [1.165, 1.54) is 18.9 Å². The number of ether oxygens (including phenoxy) is 1. The highest BCUT2D eigenvalue weighted by atomic mass is 35.5. The Bertz CT molecular complexity index is 671. The number of hydrogen-bond acceptors (Lipinski definition) is 5. The molecule has 6 heteroatoms. The Morgan fingerprint density at radius 2 is 2.24 bits per heavy atom. The molecule has 0 aromatic heterocycles. The first-order valence-corrected chi connectivity index (χ1v) is 7.80. The largest absolute Gasteiger partial charge is 0.468 e. The number of hydrogen-bond donors (Lipinski definition) is 1. The van der Waals surface area contributed by atoms with Crippen LogP contribution in [0.5, 0.6) is 0 Å². The first-order valence-electron chi connectivity index (χ1n) is 6.61. The van der Waals surface area contributed by atoms with Crippen LogP contribution in [0.4, 0.5) is 5.69 Å². The van der Waals surface area contributed by atoms with Gasteiger partial charge in [-0.1, -0.05) is 30.3 Å². The summed E-state index contributed by atoms with van der Waals surface area (Å²) < 4.78 is 4.77. The fraction of sp³-hybridized carbons (Fsp3) is 0.333. The molecule has 0 saturated carbocycles. The average Bonchev–Trinajstić information content (AvgIpc) is 2.45. The van der Waals surface area contributed by atoms with E-state index in [2.05, 4.69) is 5.32 Å². The second kappa shape index (κ2) is 5.39. The smallest absolute Gasteiger partial charge is 0.316 e. The summed E-state index contributed by atoms with van der Waals surface area (Å²) in [6, 6.07) is 5.53. The number of thioether (sulfide) groups is 1. The first-order chi connectivity index (χ1) is 10.0. The number of fused-ring (bicyclic) bond motifs is 1. The predicted molar refractivity (Wildman–Crippen MR) is 82.3 cm³/mol. The van der Waals surface area contributed by atoms with Crippen molar-refractivity contribution in [3.63, 3.8) is 0 Å². The highest BCUT2D eigenvalue weighted by Gasteiger charge is 2.42. The van der Waals surface area contributed by atoms with Gasteiger partial charge in [-0.15, -0.1) is 0 Å². The zero-order chi connectivity index (χ0) is 15.1. The molecule has 0 amide bonds. The minimum absolute atomic E-state index is 0.0781. The molecule has 21 heavy (non-hydrogen) atoms. The van der Waals surface area contributed by atoms with Crippen LogP contribution in [0.1, 0.15) is 13.3 Å². The molecule has 0 fully saturated rings. The molecule has 1 aromatic carbocycles. The fourth-order valence-corrected chi connectivity index (χ4v) is 4.08. The number of nitrogens with one attached hydrogen (secondary N) is 1. The van der Waals surface area contributed by atoms with Crippen LogP contribution < -0.4 is 5.32 Å². The Kier molecular flexibility index (Phi) is 3.71. The third-order valence-electron chi connectivity index (χ3n) is 3.77. The van der Waals surface area contributed by atoms with Gasteiger partial charge in [0.05, 0.1) is 17.7 Å². The number of benzene rings is 1. The van der Waals surface area contributed by atoms with E-state index >= 15 is 0 Å². The molecule has 2 aliphatic rings. The molecule has 1 aliphatic heterocycles. The summed E-state index contributed by atoms with van der Waals surface area (Å²) >= 11 is 7.37. The van der Waals surface area contributed by atoms with Crippen LogP contribution >= 0.6 is 23.4 Å². The van der Waals surface area contributed by atoms with Gasteiger partial charge in [0.25, 0.3) is 0 Å². The second-order valence-electron chi connectivity index (χ2n) is 5.22. The lowest BCUT2D eigenvalue weighted by Crippen LogP contribution is -2.37. The van der Waals surface area contributed by atoms with Gasteiger partial charge in [0.15, 0.2) is 5.78 Å². The minimum Gasteiger partial charge on any atom is -0.468 e. The summed E-state index contributed by atoms with van der Waals surface area (Å²) in [5.74, 6) is -1.43. The molecule has 4 nitrogen and oxygen atoms in total. The number of carbonyl (C=O) groups is 2. The van der Waals surface area contributed by atoms with E-state index in [0.29, 0.717) is 16.3 Å². The number of Topliss-reactive ketones (excluding diaryl/α,β-unsaturated/α-hetero) is 1. The Morgan fingerprint density at radius 3 is 2.95 bits per heavy atom. The van der Waals surface area contributed by atoms with E-state index in [-0.39, 0.29) is 11.7 Å². The average molecular weight is 324 g/mol. The van der Waals surface area contributed by atoms with Gasteiger partial charge in [-0.25, -0.2) is 0 Å². The molecule has 1 N–H and O–H groups in total. The van der Waals surface area contributed by atoms with Crippen molar-refractivity contribution >= 4 is 40.8 Å². The molecule has 3 rings (SSSR count). The fourth-order valence-electron chi connectivity index (χ4n) is 2.72. The molecular weight excluding hydrogens is 310 g/mol. The molecule has 0 saturated heterocycles. The summed E-state index contributed by atoms with van der Waals surface area (Å²) in [6.07, 6.45) is 0.649. The number of carbonyl (C=O) groups excluding carboxylic acids is 2. The molecule has 1 heterocycles. The Labute approximate surface area is 131 Å². The predicted octanol–water partition coefficient (Wildman–Crippen LogP) is 3.47. The van der Waals surface area contributed by atoms with Crippen LogP contribution in [-0.2, 0) is 14.3 Å². The summed E-state index contributed by atoms with van der Waals surface area (Å²) in [7, 11) is 1.31. The van der Waals surface area contributed by atoms with E-state index in [4.69, 9.17) is 16.3 Å². The summed E-state index contributed by atoms with van der Waals surface area (Å²) in [6.45, 7) is 1.90. The van der Waals surface area contributed by atoms with Crippen molar-refractivity contribution in [3.05, 3.63) is 33.8 Å². The third-order valence-corrected chi connectivity index (χ3v) is 5.22. The van der Waals surface area contributed by atoms with Crippen LogP contribution in [0.3, 0.4) is 0 Å². The van der Waals surface area contributed by atoms with Crippen LogP contribution in [0.25, 0.3) is 0 Å². The van der Waals surface area contributed by atoms with Gasteiger partial charge in [-0.2, -0.15) is 0 Å². The second-order valence-corrected chi connectivity index (χ2v) is 6.71. The zero-order valence-corrected chi connectivity index (χ0v) is 13.2. The normalized spacial score (nSPS) is 24.0. The van der Waals surface area contributed by atoms with E-state index in [9.17, 15) is 9.59 Å². The van der Waals surface area contributed by atoms with Crippen molar-refractivity contribution in [2.24, 2.45) is 11.8 Å². The molecule has 2 atom stereocenters. The standard InChI is InChI=1S/C15H14ClNO3S/c1-7-5-10-14(13(18)12(7)15(19)20-2)21-11-6-8(16)3-4-9(11)17-10/h3-4,6-7,12,17H,5H2,1-2H3/t7-,12+/m1/s1. The summed E-state index contributed by atoms with van der Waals surface area (Å²) in [5, 5.41) is 3.91. The summed E-state index contributed by atoms with van der Waals surface area (Å²) in [4.78, 5) is 25.9. The van der Waals surface area contributed by atoms with Gasteiger partial charge in [0.2, 0.25) is 0 Å². The van der Waals surface area contributed by atoms with E-state index in [0.717, 1.165) is 16.3 Å². The van der Waals surface area contributed by atoms with Gasteiger partial charge in [0.1, 0.15) is 5.92 Å². The van der Waals surface area contributed by atoms with Crippen molar-refractivity contribution < 1.29 is 14.3 Å². The number of halogens is 1. The van der Waals surface area contributed by atoms with Gasteiger partial charge in [0, 0.05) is 15.6 Å².